The van der Waals surface area contributed by atoms with Gasteiger partial charge in [0.05, 0.1) is 14.2 Å². The lowest BCUT2D eigenvalue weighted by Crippen LogP contribution is -2.07. The predicted octanol–water partition coefficient (Wildman–Crippen LogP) is 3.45. The summed E-state index contributed by atoms with van der Waals surface area (Å²) in [4.78, 5) is 8.35. The number of aromatic nitrogens is 2. The summed E-state index contributed by atoms with van der Waals surface area (Å²) < 4.78 is 10.8. The van der Waals surface area contributed by atoms with Crippen LogP contribution in [0.5, 0.6) is 11.5 Å². The molecular weight excluding hydrogens is 314 g/mol. The van der Waals surface area contributed by atoms with Gasteiger partial charge in [-0.25, -0.2) is 4.98 Å². The lowest BCUT2D eigenvalue weighted by atomic mass is 9.87. The molecule has 1 unspecified atom stereocenters. The molecule has 0 spiro atoms. The quantitative estimate of drug-likeness (QED) is 0.747. The SMILES string of the molecule is COc1ccc(C(Cc2ccncc2)c2ccc(N)nc2)cc1OC. The molecule has 0 saturated heterocycles. The van der Waals surface area contributed by atoms with Crippen LogP contribution in [0.25, 0.3) is 0 Å². The molecule has 0 fully saturated rings. The molecule has 0 radical (unpaired) electrons. The summed E-state index contributed by atoms with van der Waals surface area (Å²) in [6, 6.07) is 13.9. The standard InChI is InChI=1S/C20H21N3O2/c1-24-18-5-3-15(12-19(18)25-2)17(11-14-7-9-22-10-8-14)16-4-6-20(21)23-13-16/h3-10,12-13,17H,11H2,1-2H3,(H2,21,23). The minimum Gasteiger partial charge on any atom is -0.493 e. The van der Waals surface area contributed by atoms with E-state index in [1.807, 2.05) is 55.0 Å². The molecule has 128 valence electrons. The summed E-state index contributed by atoms with van der Waals surface area (Å²) >= 11 is 0. The second kappa shape index (κ2) is 7.66. The highest BCUT2D eigenvalue weighted by molar-refractivity contribution is 5.47. The number of anilines is 1. The van der Waals surface area contributed by atoms with Crippen molar-refractivity contribution in [2.24, 2.45) is 0 Å². The van der Waals surface area contributed by atoms with Crippen molar-refractivity contribution >= 4 is 5.82 Å². The van der Waals surface area contributed by atoms with Gasteiger partial charge >= 0.3 is 0 Å². The fourth-order valence-corrected chi connectivity index (χ4v) is 2.88. The Morgan fingerprint density at radius 2 is 1.64 bits per heavy atom. The lowest BCUT2D eigenvalue weighted by molar-refractivity contribution is 0.354. The van der Waals surface area contributed by atoms with Crippen molar-refractivity contribution in [3.63, 3.8) is 0 Å². The smallest absolute Gasteiger partial charge is 0.161 e. The van der Waals surface area contributed by atoms with Crippen LogP contribution in [0.1, 0.15) is 22.6 Å². The van der Waals surface area contributed by atoms with Crippen LogP contribution in [0.2, 0.25) is 0 Å². The lowest BCUT2D eigenvalue weighted by Gasteiger charge is -2.19. The maximum Gasteiger partial charge on any atom is 0.161 e. The van der Waals surface area contributed by atoms with E-state index in [9.17, 15) is 0 Å². The number of hydrogen-bond acceptors (Lipinski definition) is 5. The van der Waals surface area contributed by atoms with Crippen molar-refractivity contribution in [1.82, 2.24) is 9.97 Å². The molecule has 0 saturated carbocycles. The molecule has 2 aromatic heterocycles. The van der Waals surface area contributed by atoms with Crippen LogP contribution in [-0.4, -0.2) is 24.2 Å². The summed E-state index contributed by atoms with van der Waals surface area (Å²) in [5.74, 6) is 2.06. The Bertz CT molecular complexity index is 820. The normalized spacial score (nSPS) is 11.8. The molecule has 1 atom stereocenters. The highest BCUT2D eigenvalue weighted by Gasteiger charge is 2.18. The summed E-state index contributed by atoms with van der Waals surface area (Å²) in [5, 5.41) is 0. The largest absolute Gasteiger partial charge is 0.493 e. The van der Waals surface area contributed by atoms with E-state index in [1.54, 1.807) is 14.2 Å². The van der Waals surface area contributed by atoms with Gasteiger partial charge in [0.1, 0.15) is 5.82 Å². The van der Waals surface area contributed by atoms with E-state index < -0.39 is 0 Å². The van der Waals surface area contributed by atoms with Gasteiger partial charge in [0.2, 0.25) is 0 Å². The van der Waals surface area contributed by atoms with Gasteiger partial charge in [0.25, 0.3) is 0 Å². The first kappa shape index (κ1) is 16.8. The third kappa shape index (κ3) is 3.88. The molecule has 1 aromatic carbocycles. The second-order valence-electron chi connectivity index (χ2n) is 5.74. The first-order valence-corrected chi connectivity index (χ1v) is 8.03. The highest BCUT2D eigenvalue weighted by atomic mass is 16.5. The number of nitrogen functional groups attached to an aromatic ring is 1. The Balaban J connectivity index is 2.02. The zero-order chi connectivity index (χ0) is 17.6. The third-order valence-corrected chi connectivity index (χ3v) is 4.21. The van der Waals surface area contributed by atoms with Gasteiger partial charge < -0.3 is 15.2 Å². The minimum absolute atomic E-state index is 0.121. The third-order valence-electron chi connectivity index (χ3n) is 4.21. The van der Waals surface area contributed by atoms with Crippen molar-refractivity contribution in [1.29, 1.82) is 0 Å². The maximum atomic E-state index is 5.75. The predicted molar refractivity (Wildman–Crippen MR) is 98.0 cm³/mol. The van der Waals surface area contributed by atoms with Gasteiger partial charge in [-0.3, -0.25) is 4.98 Å². The molecule has 0 bridgehead atoms. The molecule has 3 rings (SSSR count). The molecule has 2 heterocycles. The molecule has 0 aliphatic rings. The van der Waals surface area contributed by atoms with Crippen LogP contribution in [0.3, 0.4) is 0 Å². The molecular formula is C20H21N3O2. The fourth-order valence-electron chi connectivity index (χ4n) is 2.88. The molecule has 0 amide bonds. The Kier molecular flexibility index (Phi) is 5.14. The van der Waals surface area contributed by atoms with E-state index in [0.717, 1.165) is 17.5 Å². The number of ether oxygens (including phenoxy) is 2. The van der Waals surface area contributed by atoms with Crippen molar-refractivity contribution < 1.29 is 9.47 Å². The zero-order valence-electron chi connectivity index (χ0n) is 14.3. The van der Waals surface area contributed by atoms with Crippen molar-refractivity contribution in [3.05, 3.63) is 77.7 Å². The topological polar surface area (TPSA) is 70.3 Å². The molecule has 25 heavy (non-hydrogen) atoms. The van der Waals surface area contributed by atoms with Crippen LogP contribution < -0.4 is 15.2 Å². The number of benzene rings is 1. The minimum atomic E-state index is 0.121. The van der Waals surface area contributed by atoms with Crippen LogP contribution in [0.15, 0.2) is 61.1 Å². The van der Waals surface area contributed by atoms with Gasteiger partial charge in [0.15, 0.2) is 11.5 Å². The van der Waals surface area contributed by atoms with E-state index in [0.29, 0.717) is 17.3 Å². The Morgan fingerprint density at radius 1 is 0.920 bits per heavy atom. The zero-order valence-corrected chi connectivity index (χ0v) is 14.3. The number of hydrogen-bond donors (Lipinski definition) is 1. The number of methoxy groups -OCH3 is 2. The van der Waals surface area contributed by atoms with Gasteiger partial charge in [-0.1, -0.05) is 12.1 Å². The van der Waals surface area contributed by atoms with Crippen molar-refractivity contribution in [3.8, 4) is 11.5 Å². The molecule has 5 heteroatoms. The van der Waals surface area contributed by atoms with Gasteiger partial charge in [-0.2, -0.15) is 0 Å². The number of nitrogens with two attached hydrogens (primary N) is 1. The average Bonchev–Trinajstić information content (AvgIpc) is 2.67. The van der Waals surface area contributed by atoms with Crippen LogP contribution in [-0.2, 0) is 6.42 Å². The van der Waals surface area contributed by atoms with Crippen LogP contribution in [0.4, 0.5) is 5.82 Å². The Hall–Kier alpha value is -3.08. The summed E-state index contributed by atoms with van der Waals surface area (Å²) in [7, 11) is 3.28. The van der Waals surface area contributed by atoms with Crippen LogP contribution in [0, 0.1) is 0 Å². The summed E-state index contributed by atoms with van der Waals surface area (Å²) in [5.41, 5.74) is 9.17. The summed E-state index contributed by atoms with van der Waals surface area (Å²) in [6.07, 6.45) is 6.27. The van der Waals surface area contributed by atoms with Crippen molar-refractivity contribution in [2.45, 2.75) is 12.3 Å². The first-order chi connectivity index (χ1) is 12.2. The molecule has 2 N–H and O–H groups in total. The number of rotatable bonds is 6. The van der Waals surface area contributed by atoms with E-state index >= 15 is 0 Å². The van der Waals surface area contributed by atoms with E-state index in [2.05, 4.69) is 16.0 Å². The molecule has 5 nitrogen and oxygen atoms in total. The molecule has 0 aliphatic heterocycles. The Labute approximate surface area is 147 Å². The Morgan fingerprint density at radius 3 is 2.28 bits per heavy atom. The maximum absolute atomic E-state index is 5.75. The first-order valence-electron chi connectivity index (χ1n) is 8.03. The van der Waals surface area contributed by atoms with E-state index in [4.69, 9.17) is 15.2 Å². The molecule has 3 aromatic rings. The monoisotopic (exact) mass is 335 g/mol. The van der Waals surface area contributed by atoms with Crippen LogP contribution >= 0.6 is 0 Å². The van der Waals surface area contributed by atoms with Crippen molar-refractivity contribution in [2.75, 3.05) is 20.0 Å². The average molecular weight is 335 g/mol. The number of pyridine rings is 2. The molecule has 0 aliphatic carbocycles. The second-order valence-corrected chi connectivity index (χ2v) is 5.74. The number of nitrogens with zero attached hydrogens (tertiary/aromatic N) is 2. The highest BCUT2D eigenvalue weighted by Crippen LogP contribution is 2.35. The van der Waals surface area contributed by atoms with Gasteiger partial charge in [0, 0.05) is 24.5 Å². The fraction of sp³-hybridized carbons (Fsp3) is 0.200. The van der Waals surface area contributed by atoms with E-state index in [1.165, 1.54) is 5.56 Å². The van der Waals surface area contributed by atoms with E-state index in [-0.39, 0.29) is 5.92 Å². The van der Waals surface area contributed by atoms with Gasteiger partial charge in [-0.15, -0.1) is 0 Å². The summed E-state index contributed by atoms with van der Waals surface area (Å²) in [6.45, 7) is 0. The van der Waals surface area contributed by atoms with Gasteiger partial charge in [-0.05, 0) is 53.4 Å².